The minimum absolute atomic E-state index is 0. The molecule has 0 fully saturated rings. The van der Waals surface area contributed by atoms with Crippen LogP contribution >= 0.6 is 24.0 Å². The normalized spacial score (nSPS) is 12.6. The predicted molar refractivity (Wildman–Crippen MR) is 128 cm³/mol. The van der Waals surface area contributed by atoms with Crippen LogP contribution in [0.1, 0.15) is 23.6 Å². The van der Waals surface area contributed by atoms with Gasteiger partial charge < -0.3 is 25.0 Å². The van der Waals surface area contributed by atoms with E-state index in [9.17, 15) is 0 Å². The molecule has 0 bridgehead atoms. The molecular weight excluding hydrogens is 479 g/mol. The Kier molecular flexibility index (Phi) is 9.53. The maximum absolute atomic E-state index is 5.43. The molecule has 0 aliphatic carbocycles. The van der Waals surface area contributed by atoms with E-state index in [-0.39, 0.29) is 24.0 Å². The Morgan fingerprint density at radius 2 is 1.83 bits per heavy atom. The second-order valence-corrected chi connectivity index (χ2v) is 6.94. The molecule has 0 atom stereocenters. The van der Waals surface area contributed by atoms with Crippen LogP contribution in [0, 0.1) is 0 Å². The first kappa shape index (κ1) is 23.3. The van der Waals surface area contributed by atoms with Gasteiger partial charge in [-0.05, 0) is 48.8 Å². The average molecular weight is 510 g/mol. The number of benzene rings is 2. The van der Waals surface area contributed by atoms with Crippen molar-refractivity contribution in [2.24, 2.45) is 4.99 Å². The van der Waals surface area contributed by atoms with Gasteiger partial charge in [0.1, 0.15) is 0 Å². The maximum atomic E-state index is 5.43. The fraction of sp³-hybridized carbons (Fsp3) is 0.409. The second kappa shape index (κ2) is 11.9. The molecule has 29 heavy (non-hydrogen) atoms. The van der Waals surface area contributed by atoms with E-state index in [0.29, 0.717) is 6.79 Å². The first-order valence-corrected chi connectivity index (χ1v) is 9.77. The molecule has 0 spiro atoms. The number of nitrogens with zero attached hydrogens (tertiary/aromatic N) is 2. The fourth-order valence-electron chi connectivity index (χ4n) is 3.09. The third-order valence-corrected chi connectivity index (χ3v) is 4.81. The van der Waals surface area contributed by atoms with E-state index in [0.717, 1.165) is 50.1 Å². The van der Waals surface area contributed by atoms with Crippen LogP contribution in [0.2, 0.25) is 0 Å². The molecular formula is C22H31IN4O2. The highest BCUT2D eigenvalue weighted by Gasteiger charge is 2.13. The summed E-state index contributed by atoms with van der Waals surface area (Å²) in [5.74, 6) is 2.45. The summed E-state index contributed by atoms with van der Waals surface area (Å²) in [6.45, 7) is 6.03. The number of aliphatic imine (C=N–C) groups is 1. The van der Waals surface area contributed by atoms with Crippen molar-refractivity contribution < 1.29 is 9.47 Å². The van der Waals surface area contributed by atoms with Crippen molar-refractivity contribution in [2.75, 3.05) is 34.0 Å². The Morgan fingerprint density at radius 1 is 1.03 bits per heavy atom. The van der Waals surface area contributed by atoms with Crippen molar-refractivity contribution in [3.05, 3.63) is 59.2 Å². The van der Waals surface area contributed by atoms with Gasteiger partial charge in [0.2, 0.25) is 6.79 Å². The van der Waals surface area contributed by atoms with E-state index in [2.05, 4.69) is 64.8 Å². The molecule has 1 aliphatic rings. The lowest BCUT2D eigenvalue weighted by molar-refractivity contribution is 0.174. The molecule has 0 amide bonds. The molecule has 7 heteroatoms. The van der Waals surface area contributed by atoms with E-state index in [1.165, 1.54) is 16.7 Å². The Hall–Kier alpha value is -2.00. The summed E-state index contributed by atoms with van der Waals surface area (Å²) in [6.07, 6.45) is 0.885. The van der Waals surface area contributed by atoms with E-state index in [4.69, 9.17) is 9.47 Å². The molecule has 3 rings (SSSR count). The lowest BCUT2D eigenvalue weighted by Gasteiger charge is -2.15. The Morgan fingerprint density at radius 3 is 2.62 bits per heavy atom. The van der Waals surface area contributed by atoms with Crippen LogP contribution in [0.5, 0.6) is 11.5 Å². The lowest BCUT2D eigenvalue weighted by atomic mass is 10.1. The Labute approximate surface area is 190 Å². The van der Waals surface area contributed by atoms with Gasteiger partial charge in [-0.15, -0.1) is 24.0 Å². The van der Waals surface area contributed by atoms with Gasteiger partial charge in [-0.1, -0.05) is 37.3 Å². The predicted octanol–water partition coefficient (Wildman–Crippen LogP) is 3.39. The van der Waals surface area contributed by atoms with Gasteiger partial charge in [-0.3, -0.25) is 4.99 Å². The molecule has 6 nitrogen and oxygen atoms in total. The number of hydrogen-bond acceptors (Lipinski definition) is 4. The van der Waals surface area contributed by atoms with Crippen LogP contribution in [0.3, 0.4) is 0 Å². The molecule has 0 aromatic heterocycles. The zero-order valence-electron chi connectivity index (χ0n) is 17.4. The molecule has 2 aromatic rings. The van der Waals surface area contributed by atoms with Gasteiger partial charge in [-0.2, -0.15) is 0 Å². The SMILES string of the molecule is CCN(C)Cc1cccc(CNC(=NC)NCCc2ccc3c(c2)OCO3)c1.I. The summed E-state index contributed by atoms with van der Waals surface area (Å²) >= 11 is 0. The summed E-state index contributed by atoms with van der Waals surface area (Å²) in [6, 6.07) is 14.8. The van der Waals surface area contributed by atoms with E-state index < -0.39 is 0 Å². The highest BCUT2D eigenvalue weighted by molar-refractivity contribution is 14.0. The molecule has 2 N–H and O–H groups in total. The van der Waals surface area contributed by atoms with Gasteiger partial charge in [-0.25, -0.2) is 0 Å². The third kappa shape index (κ3) is 7.08. The van der Waals surface area contributed by atoms with Crippen LogP contribution < -0.4 is 20.1 Å². The van der Waals surface area contributed by atoms with Gasteiger partial charge in [0.05, 0.1) is 0 Å². The van der Waals surface area contributed by atoms with Gasteiger partial charge >= 0.3 is 0 Å². The summed E-state index contributed by atoms with van der Waals surface area (Å²) in [4.78, 5) is 6.61. The van der Waals surface area contributed by atoms with Crippen LogP contribution in [-0.2, 0) is 19.5 Å². The monoisotopic (exact) mass is 510 g/mol. The first-order chi connectivity index (χ1) is 13.7. The van der Waals surface area contributed by atoms with Crippen LogP contribution in [0.4, 0.5) is 0 Å². The van der Waals surface area contributed by atoms with E-state index in [1.807, 2.05) is 12.1 Å². The molecule has 0 unspecified atom stereocenters. The third-order valence-electron chi connectivity index (χ3n) is 4.81. The smallest absolute Gasteiger partial charge is 0.231 e. The van der Waals surface area contributed by atoms with Crippen molar-refractivity contribution in [3.63, 3.8) is 0 Å². The number of halogens is 1. The first-order valence-electron chi connectivity index (χ1n) is 9.77. The molecule has 1 aliphatic heterocycles. The number of nitrogens with one attached hydrogen (secondary N) is 2. The van der Waals surface area contributed by atoms with Crippen LogP contribution in [-0.4, -0.2) is 44.8 Å². The number of hydrogen-bond donors (Lipinski definition) is 2. The summed E-state index contributed by atoms with van der Waals surface area (Å²) in [7, 11) is 3.93. The number of ether oxygens (including phenoxy) is 2. The lowest BCUT2D eigenvalue weighted by Crippen LogP contribution is -2.37. The molecule has 2 aromatic carbocycles. The van der Waals surface area contributed by atoms with Crippen LogP contribution in [0.25, 0.3) is 0 Å². The quantitative estimate of drug-likeness (QED) is 0.324. The molecule has 0 saturated carbocycles. The van der Waals surface area contributed by atoms with Gasteiger partial charge in [0, 0.05) is 26.7 Å². The average Bonchev–Trinajstić information content (AvgIpc) is 3.18. The molecule has 1 heterocycles. The van der Waals surface area contributed by atoms with Crippen molar-refractivity contribution in [3.8, 4) is 11.5 Å². The highest BCUT2D eigenvalue weighted by Crippen LogP contribution is 2.32. The zero-order chi connectivity index (χ0) is 19.8. The van der Waals surface area contributed by atoms with Crippen molar-refractivity contribution in [1.29, 1.82) is 0 Å². The molecule has 0 saturated heterocycles. The van der Waals surface area contributed by atoms with Crippen molar-refractivity contribution >= 4 is 29.9 Å². The number of guanidine groups is 1. The Balaban J connectivity index is 0.00000300. The fourth-order valence-corrected chi connectivity index (χ4v) is 3.09. The molecule has 158 valence electrons. The summed E-state index contributed by atoms with van der Waals surface area (Å²) < 4.78 is 10.8. The standard InChI is InChI=1S/C22H30N4O2.HI/c1-4-26(3)15-19-7-5-6-18(12-19)14-25-22(23-2)24-11-10-17-8-9-20-21(13-17)28-16-27-20;/h5-9,12-13H,4,10-11,14-16H2,1-3H3,(H2,23,24,25);1H. The minimum Gasteiger partial charge on any atom is -0.454 e. The zero-order valence-corrected chi connectivity index (χ0v) is 19.7. The van der Waals surface area contributed by atoms with Crippen molar-refractivity contribution in [1.82, 2.24) is 15.5 Å². The summed E-state index contributed by atoms with van der Waals surface area (Å²) in [5, 5.41) is 6.76. The number of rotatable bonds is 8. The van der Waals surface area contributed by atoms with Gasteiger partial charge in [0.25, 0.3) is 0 Å². The molecule has 0 radical (unpaired) electrons. The summed E-state index contributed by atoms with van der Waals surface area (Å²) in [5.41, 5.74) is 3.79. The largest absolute Gasteiger partial charge is 0.454 e. The van der Waals surface area contributed by atoms with E-state index >= 15 is 0 Å². The van der Waals surface area contributed by atoms with Crippen LogP contribution in [0.15, 0.2) is 47.5 Å². The second-order valence-electron chi connectivity index (χ2n) is 6.94. The van der Waals surface area contributed by atoms with Gasteiger partial charge in [0.15, 0.2) is 17.5 Å². The minimum atomic E-state index is 0. The number of fused-ring (bicyclic) bond motifs is 1. The van der Waals surface area contributed by atoms with E-state index in [1.54, 1.807) is 7.05 Å². The topological polar surface area (TPSA) is 58.1 Å². The van der Waals surface area contributed by atoms with Crippen molar-refractivity contribution in [2.45, 2.75) is 26.4 Å². The Bertz CT molecular complexity index is 813. The maximum Gasteiger partial charge on any atom is 0.231 e. The highest BCUT2D eigenvalue weighted by atomic mass is 127.